The first-order valence-electron chi connectivity index (χ1n) is 9.49. The lowest BCUT2D eigenvalue weighted by atomic mass is 9.88. The molecule has 27 heavy (non-hydrogen) atoms. The first-order chi connectivity index (χ1) is 13.0. The molecule has 2 N–H and O–H groups in total. The first-order valence-corrected chi connectivity index (χ1v) is 9.49. The number of amides is 2. The standard InChI is InChI=1S/C22H23FN2O2/c1-13-10-18(13)21(26)25-20-9-7-16(23)12-19(20)22(27)24-17-8-6-14-4-2-3-5-15(14)11-17/h2-5,7,9,12-13,17-18H,6,8,10-11H2,1H3,(H,24,27)(H,25,26)/t13-,17-,18-/m1/s1. The summed E-state index contributed by atoms with van der Waals surface area (Å²) in [4.78, 5) is 25.0. The lowest BCUT2D eigenvalue weighted by Crippen LogP contribution is -2.39. The summed E-state index contributed by atoms with van der Waals surface area (Å²) in [6.07, 6.45) is 3.38. The van der Waals surface area contributed by atoms with Crippen LogP contribution in [0.25, 0.3) is 0 Å². The van der Waals surface area contributed by atoms with E-state index in [-0.39, 0.29) is 29.3 Å². The van der Waals surface area contributed by atoms with Gasteiger partial charge in [0.2, 0.25) is 5.91 Å². The molecule has 0 bridgehead atoms. The van der Waals surface area contributed by atoms with Gasteiger partial charge in [-0.15, -0.1) is 0 Å². The third kappa shape index (κ3) is 3.87. The van der Waals surface area contributed by atoms with Crippen molar-refractivity contribution in [3.63, 3.8) is 0 Å². The van der Waals surface area contributed by atoms with Crippen molar-refractivity contribution in [1.29, 1.82) is 0 Å². The van der Waals surface area contributed by atoms with Crippen molar-refractivity contribution in [2.24, 2.45) is 11.8 Å². The van der Waals surface area contributed by atoms with Crippen LogP contribution >= 0.6 is 0 Å². The Morgan fingerprint density at radius 1 is 1.11 bits per heavy atom. The highest BCUT2D eigenvalue weighted by molar-refractivity contribution is 6.04. The Morgan fingerprint density at radius 2 is 1.85 bits per heavy atom. The van der Waals surface area contributed by atoms with Gasteiger partial charge in [-0.25, -0.2) is 4.39 Å². The van der Waals surface area contributed by atoms with E-state index in [4.69, 9.17) is 0 Å². The predicted octanol–water partition coefficient (Wildman–Crippen LogP) is 3.71. The summed E-state index contributed by atoms with van der Waals surface area (Å²) in [7, 11) is 0. The van der Waals surface area contributed by atoms with Gasteiger partial charge in [0, 0.05) is 12.0 Å². The number of fused-ring (bicyclic) bond motifs is 1. The monoisotopic (exact) mass is 366 g/mol. The molecule has 0 radical (unpaired) electrons. The van der Waals surface area contributed by atoms with E-state index in [2.05, 4.69) is 22.8 Å². The van der Waals surface area contributed by atoms with Crippen molar-refractivity contribution in [2.45, 2.75) is 38.6 Å². The van der Waals surface area contributed by atoms with E-state index in [9.17, 15) is 14.0 Å². The number of nitrogens with one attached hydrogen (secondary N) is 2. The molecule has 0 spiro atoms. The van der Waals surface area contributed by atoms with Crippen LogP contribution < -0.4 is 10.6 Å². The number of halogens is 1. The molecule has 3 atom stereocenters. The number of carbonyl (C=O) groups excluding carboxylic acids is 2. The molecule has 1 fully saturated rings. The fraction of sp³-hybridized carbons (Fsp3) is 0.364. The average Bonchev–Trinajstić information content (AvgIpc) is 3.40. The molecule has 2 aliphatic rings. The van der Waals surface area contributed by atoms with E-state index >= 15 is 0 Å². The van der Waals surface area contributed by atoms with Crippen LogP contribution in [0, 0.1) is 17.7 Å². The summed E-state index contributed by atoms with van der Waals surface area (Å²) in [6, 6.07) is 12.2. The van der Waals surface area contributed by atoms with Gasteiger partial charge < -0.3 is 10.6 Å². The maximum atomic E-state index is 13.8. The number of aryl methyl sites for hydroxylation is 1. The zero-order valence-corrected chi connectivity index (χ0v) is 15.3. The molecule has 2 aliphatic carbocycles. The maximum absolute atomic E-state index is 13.8. The topological polar surface area (TPSA) is 58.2 Å². The molecule has 0 aliphatic heterocycles. The fourth-order valence-electron chi connectivity index (χ4n) is 3.81. The highest BCUT2D eigenvalue weighted by Crippen LogP contribution is 2.38. The molecule has 4 rings (SSSR count). The summed E-state index contributed by atoms with van der Waals surface area (Å²) >= 11 is 0. The number of hydrogen-bond donors (Lipinski definition) is 2. The van der Waals surface area contributed by atoms with Gasteiger partial charge in [-0.2, -0.15) is 0 Å². The lowest BCUT2D eigenvalue weighted by Gasteiger charge is -2.26. The maximum Gasteiger partial charge on any atom is 0.253 e. The second-order valence-corrected chi connectivity index (χ2v) is 7.68. The SMILES string of the molecule is C[C@@H]1C[C@H]1C(=O)Nc1ccc(F)cc1C(=O)N[C@@H]1CCc2ccccc2C1. The van der Waals surface area contributed by atoms with Gasteiger partial charge in [-0.05, 0) is 60.9 Å². The molecule has 2 amide bonds. The Bertz CT molecular complexity index is 896. The Kier molecular flexibility index (Phi) is 4.68. The van der Waals surface area contributed by atoms with Crippen molar-refractivity contribution in [2.75, 3.05) is 5.32 Å². The zero-order chi connectivity index (χ0) is 19.0. The molecular weight excluding hydrogens is 343 g/mol. The number of hydrogen-bond acceptors (Lipinski definition) is 2. The molecule has 0 aromatic heterocycles. The van der Waals surface area contributed by atoms with Gasteiger partial charge in [-0.1, -0.05) is 31.2 Å². The Balaban J connectivity index is 1.48. The van der Waals surface area contributed by atoms with Gasteiger partial charge in [0.15, 0.2) is 0 Å². The molecule has 0 unspecified atom stereocenters. The smallest absolute Gasteiger partial charge is 0.253 e. The van der Waals surface area contributed by atoms with Crippen LogP contribution in [-0.2, 0) is 17.6 Å². The minimum absolute atomic E-state index is 0.00248. The molecule has 140 valence electrons. The fourth-order valence-corrected chi connectivity index (χ4v) is 3.81. The number of rotatable bonds is 4. The molecule has 4 nitrogen and oxygen atoms in total. The Hall–Kier alpha value is -2.69. The molecule has 0 saturated heterocycles. The first kappa shape index (κ1) is 17.7. The zero-order valence-electron chi connectivity index (χ0n) is 15.3. The summed E-state index contributed by atoms with van der Waals surface area (Å²) in [5.74, 6) is -0.592. The van der Waals surface area contributed by atoms with Crippen molar-refractivity contribution in [1.82, 2.24) is 5.32 Å². The normalized spacial score (nSPS) is 23.3. The van der Waals surface area contributed by atoms with Crippen LogP contribution in [0.15, 0.2) is 42.5 Å². The van der Waals surface area contributed by atoms with E-state index in [1.54, 1.807) is 0 Å². The Labute approximate surface area is 158 Å². The highest BCUT2D eigenvalue weighted by Gasteiger charge is 2.39. The van der Waals surface area contributed by atoms with Crippen molar-refractivity contribution in [3.8, 4) is 0 Å². The summed E-state index contributed by atoms with van der Waals surface area (Å²) in [5, 5.41) is 5.81. The Morgan fingerprint density at radius 3 is 2.59 bits per heavy atom. The van der Waals surface area contributed by atoms with E-state index < -0.39 is 5.82 Å². The molecule has 2 aromatic rings. The second-order valence-electron chi connectivity index (χ2n) is 7.68. The van der Waals surface area contributed by atoms with Crippen LogP contribution in [0.5, 0.6) is 0 Å². The molecule has 2 aromatic carbocycles. The predicted molar refractivity (Wildman–Crippen MR) is 102 cm³/mol. The minimum Gasteiger partial charge on any atom is -0.349 e. The van der Waals surface area contributed by atoms with Crippen molar-refractivity contribution >= 4 is 17.5 Å². The summed E-state index contributed by atoms with van der Waals surface area (Å²) < 4.78 is 13.8. The van der Waals surface area contributed by atoms with Crippen LogP contribution in [0.1, 0.15) is 41.3 Å². The minimum atomic E-state index is -0.494. The third-order valence-corrected chi connectivity index (χ3v) is 5.61. The van der Waals surface area contributed by atoms with E-state index in [1.165, 1.54) is 29.3 Å². The second kappa shape index (κ2) is 7.14. The van der Waals surface area contributed by atoms with Gasteiger partial charge in [0.1, 0.15) is 5.82 Å². The van der Waals surface area contributed by atoms with E-state index in [1.807, 2.05) is 19.1 Å². The number of benzene rings is 2. The van der Waals surface area contributed by atoms with Gasteiger partial charge in [0.05, 0.1) is 11.3 Å². The van der Waals surface area contributed by atoms with E-state index in [0.29, 0.717) is 11.6 Å². The number of anilines is 1. The molecular formula is C22H23FN2O2. The molecule has 0 heterocycles. The molecule has 5 heteroatoms. The lowest BCUT2D eigenvalue weighted by molar-refractivity contribution is -0.117. The largest absolute Gasteiger partial charge is 0.349 e. The quantitative estimate of drug-likeness (QED) is 0.867. The van der Waals surface area contributed by atoms with Crippen LogP contribution in [0.3, 0.4) is 0 Å². The molecule has 1 saturated carbocycles. The summed E-state index contributed by atoms with van der Waals surface area (Å²) in [6.45, 7) is 2.02. The van der Waals surface area contributed by atoms with Crippen molar-refractivity contribution < 1.29 is 14.0 Å². The third-order valence-electron chi connectivity index (χ3n) is 5.61. The average molecular weight is 366 g/mol. The van der Waals surface area contributed by atoms with Crippen molar-refractivity contribution in [3.05, 3.63) is 65.0 Å². The van der Waals surface area contributed by atoms with E-state index in [0.717, 1.165) is 25.7 Å². The van der Waals surface area contributed by atoms with Gasteiger partial charge >= 0.3 is 0 Å². The van der Waals surface area contributed by atoms with Crippen LogP contribution in [-0.4, -0.2) is 17.9 Å². The summed E-state index contributed by atoms with van der Waals surface area (Å²) in [5.41, 5.74) is 3.11. The van der Waals surface area contributed by atoms with Crippen LogP contribution in [0.4, 0.5) is 10.1 Å². The number of carbonyl (C=O) groups is 2. The van der Waals surface area contributed by atoms with Gasteiger partial charge in [-0.3, -0.25) is 9.59 Å². The van der Waals surface area contributed by atoms with Crippen LogP contribution in [0.2, 0.25) is 0 Å². The highest BCUT2D eigenvalue weighted by atomic mass is 19.1. The van der Waals surface area contributed by atoms with Gasteiger partial charge in [0.25, 0.3) is 5.91 Å².